The van der Waals surface area contributed by atoms with Crippen molar-refractivity contribution in [2.75, 3.05) is 7.11 Å². The van der Waals surface area contributed by atoms with Gasteiger partial charge in [0.1, 0.15) is 22.8 Å². The zero-order valence-corrected chi connectivity index (χ0v) is 12.0. The van der Waals surface area contributed by atoms with Gasteiger partial charge in [0.2, 0.25) is 0 Å². The second kappa shape index (κ2) is 5.42. The Morgan fingerprint density at radius 2 is 2.00 bits per heavy atom. The molecule has 118 valence electrons. The summed E-state index contributed by atoms with van der Waals surface area (Å²) >= 11 is 0. The van der Waals surface area contributed by atoms with E-state index in [9.17, 15) is 18.0 Å². The van der Waals surface area contributed by atoms with Gasteiger partial charge >= 0.3 is 6.18 Å². The van der Waals surface area contributed by atoms with Crippen LogP contribution in [0.4, 0.5) is 13.2 Å². The van der Waals surface area contributed by atoms with Crippen molar-refractivity contribution in [2.24, 2.45) is 0 Å². The number of fused-ring (bicyclic) bond motifs is 1. The number of rotatable bonds is 3. The molecule has 7 heteroatoms. The van der Waals surface area contributed by atoms with Gasteiger partial charge in [-0.25, -0.2) is 4.98 Å². The Morgan fingerprint density at radius 3 is 2.65 bits per heavy atom. The van der Waals surface area contributed by atoms with Crippen molar-refractivity contribution >= 4 is 11.9 Å². The Labute approximate surface area is 129 Å². The first-order valence-corrected chi connectivity index (χ1v) is 6.63. The van der Waals surface area contributed by atoms with Crippen LogP contribution < -0.4 is 4.74 Å². The van der Waals surface area contributed by atoms with E-state index in [-0.39, 0.29) is 11.3 Å². The average Bonchev–Trinajstić information content (AvgIpc) is 2.91. The molecular weight excluding hydrogens is 309 g/mol. The molecule has 0 unspecified atom stereocenters. The van der Waals surface area contributed by atoms with Gasteiger partial charge in [-0.15, -0.1) is 0 Å². The van der Waals surface area contributed by atoms with Gasteiger partial charge < -0.3 is 4.74 Å². The maximum Gasteiger partial charge on any atom is 0.417 e. The Kier molecular flexibility index (Phi) is 3.55. The number of hydrogen-bond acceptors (Lipinski definition) is 3. The van der Waals surface area contributed by atoms with Crippen molar-refractivity contribution in [1.82, 2.24) is 9.38 Å². The molecule has 0 aliphatic heterocycles. The zero-order valence-electron chi connectivity index (χ0n) is 12.0. The first-order chi connectivity index (χ1) is 10.9. The van der Waals surface area contributed by atoms with Gasteiger partial charge in [0, 0.05) is 11.8 Å². The minimum atomic E-state index is -4.49. The minimum Gasteiger partial charge on any atom is -0.497 e. The lowest BCUT2D eigenvalue weighted by Crippen LogP contribution is -2.06. The Bertz CT molecular complexity index is 885. The summed E-state index contributed by atoms with van der Waals surface area (Å²) < 4.78 is 44.8. The van der Waals surface area contributed by atoms with Crippen LogP contribution in [0.1, 0.15) is 16.1 Å². The van der Waals surface area contributed by atoms with Crippen molar-refractivity contribution in [3.8, 4) is 17.0 Å². The normalized spacial score (nSPS) is 11.7. The van der Waals surface area contributed by atoms with Gasteiger partial charge in [-0.05, 0) is 24.3 Å². The second-order valence-corrected chi connectivity index (χ2v) is 4.84. The molecule has 2 aromatic heterocycles. The number of hydrogen-bond donors (Lipinski definition) is 0. The Hall–Kier alpha value is -2.83. The van der Waals surface area contributed by atoms with Gasteiger partial charge in [0.25, 0.3) is 0 Å². The third-order valence-corrected chi connectivity index (χ3v) is 3.44. The van der Waals surface area contributed by atoms with Gasteiger partial charge in [-0.3, -0.25) is 9.20 Å². The lowest BCUT2D eigenvalue weighted by Gasteiger charge is -2.07. The summed E-state index contributed by atoms with van der Waals surface area (Å²) in [7, 11) is 1.50. The van der Waals surface area contributed by atoms with Crippen molar-refractivity contribution in [1.29, 1.82) is 0 Å². The maximum absolute atomic E-state index is 12.8. The molecule has 3 rings (SSSR count). The van der Waals surface area contributed by atoms with Crippen molar-refractivity contribution in [2.45, 2.75) is 6.18 Å². The summed E-state index contributed by atoms with van der Waals surface area (Å²) in [5, 5.41) is 0. The smallest absolute Gasteiger partial charge is 0.417 e. The number of benzene rings is 1. The van der Waals surface area contributed by atoms with Crippen LogP contribution in [0.3, 0.4) is 0 Å². The molecule has 2 heterocycles. The largest absolute Gasteiger partial charge is 0.497 e. The highest BCUT2D eigenvalue weighted by Gasteiger charge is 2.31. The van der Waals surface area contributed by atoms with Gasteiger partial charge in [-0.2, -0.15) is 13.2 Å². The summed E-state index contributed by atoms with van der Waals surface area (Å²) in [6.45, 7) is 0. The number of carbonyl (C=O) groups excluding carboxylic acids is 1. The van der Waals surface area contributed by atoms with Crippen LogP contribution in [0.2, 0.25) is 0 Å². The molecule has 3 aromatic rings. The van der Waals surface area contributed by atoms with Crippen LogP contribution >= 0.6 is 0 Å². The average molecular weight is 320 g/mol. The highest BCUT2D eigenvalue weighted by atomic mass is 19.4. The second-order valence-electron chi connectivity index (χ2n) is 4.84. The molecule has 0 aliphatic carbocycles. The van der Waals surface area contributed by atoms with Crippen LogP contribution in [-0.4, -0.2) is 22.8 Å². The number of halogens is 3. The van der Waals surface area contributed by atoms with Crippen LogP contribution in [0.25, 0.3) is 16.9 Å². The topological polar surface area (TPSA) is 43.6 Å². The molecule has 0 bridgehead atoms. The minimum absolute atomic E-state index is 0.0550. The number of imidazole rings is 1. The van der Waals surface area contributed by atoms with E-state index in [4.69, 9.17) is 4.74 Å². The summed E-state index contributed by atoms with van der Waals surface area (Å²) in [4.78, 5) is 15.7. The van der Waals surface area contributed by atoms with Gasteiger partial charge in [0.05, 0.1) is 12.7 Å². The molecule has 0 atom stereocenters. The fraction of sp³-hybridized carbons (Fsp3) is 0.125. The first-order valence-electron chi connectivity index (χ1n) is 6.63. The quantitative estimate of drug-likeness (QED) is 0.689. The molecular formula is C16H11F3N2O2. The molecule has 0 spiro atoms. The Morgan fingerprint density at radius 1 is 1.22 bits per heavy atom. The van der Waals surface area contributed by atoms with E-state index in [1.165, 1.54) is 13.2 Å². The van der Waals surface area contributed by atoms with E-state index in [0.717, 1.165) is 16.7 Å². The lowest BCUT2D eigenvalue weighted by molar-refractivity contribution is -0.137. The summed E-state index contributed by atoms with van der Waals surface area (Å²) in [6, 6.07) is 8.99. The number of carbonyl (C=O) groups is 1. The third-order valence-electron chi connectivity index (χ3n) is 3.44. The standard InChI is InChI=1S/C16H11F3N2O2/c1-23-12-4-2-3-10(7-12)15-13(9-22)21-8-11(16(17,18)19)5-6-14(21)20-15/h2-9H,1H3. The third kappa shape index (κ3) is 2.65. The van der Waals surface area contributed by atoms with Crippen LogP contribution in [0.15, 0.2) is 42.6 Å². The van der Waals surface area contributed by atoms with Crippen LogP contribution in [-0.2, 0) is 6.18 Å². The van der Waals surface area contributed by atoms with Crippen LogP contribution in [0.5, 0.6) is 5.75 Å². The molecule has 0 amide bonds. The molecule has 0 fully saturated rings. The predicted molar refractivity (Wildman–Crippen MR) is 77.6 cm³/mol. The molecule has 4 nitrogen and oxygen atoms in total. The SMILES string of the molecule is COc1cccc(-c2nc3ccc(C(F)(F)F)cn3c2C=O)c1. The fourth-order valence-electron chi connectivity index (χ4n) is 2.33. The highest BCUT2D eigenvalue weighted by molar-refractivity contribution is 5.86. The molecule has 0 radical (unpaired) electrons. The fourth-order valence-corrected chi connectivity index (χ4v) is 2.33. The number of ether oxygens (including phenoxy) is 1. The number of alkyl halides is 3. The van der Waals surface area contributed by atoms with E-state index in [1.54, 1.807) is 24.3 Å². The highest BCUT2D eigenvalue weighted by Crippen LogP contribution is 2.31. The monoisotopic (exact) mass is 320 g/mol. The molecule has 23 heavy (non-hydrogen) atoms. The van der Waals surface area contributed by atoms with E-state index in [2.05, 4.69) is 4.98 Å². The van der Waals surface area contributed by atoms with Gasteiger partial charge in [-0.1, -0.05) is 12.1 Å². The van der Waals surface area contributed by atoms with E-state index in [0.29, 0.717) is 23.3 Å². The number of methoxy groups -OCH3 is 1. The van der Waals surface area contributed by atoms with Crippen molar-refractivity contribution in [3.63, 3.8) is 0 Å². The molecule has 0 aliphatic rings. The number of aldehydes is 1. The molecule has 1 aromatic carbocycles. The van der Waals surface area contributed by atoms with E-state index in [1.807, 2.05) is 0 Å². The summed E-state index contributed by atoms with van der Waals surface area (Å²) in [5.74, 6) is 0.562. The zero-order chi connectivity index (χ0) is 16.6. The van der Waals surface area contributed by atoms with Crippen molar-refractivity contribution < 1.29 is 22.7 Å². The summed E-state index contributed by atoms with van der Waals surface area (Å²) in [6.07, 6.45) is -3.13. The molecule has 0 saturated heterocycles. The molecule has 0 N–H and O–H groups in total. The number of pyridine rings is 1. The lowest BCUT2D eigenvalue weighted by atomic mass is 10.1. The Balaban J connectivity index is 2.23. The number of nitrogens with zero attached hydrogens (tertiary/aromatic N) is 2. The van der Waals surface area contributed by atoms with Gasteiger partial charge in [0.15, 0.2) is 6.29 Å². The van der Waals surface area contributed by atoms with E-state index < -0.39 is 11.7 Å². The maximum atomic E-state index is 12.8. The van der Waals surface area contributed by atoms with Crippen molar-refractivity contribution in [3.05, 3.63) is 53.9 Å². The first kappa shape index (κ1) is 15.1. The van der Waals surface area contributed by atoms with Crippen LogP contribution in [0, 0.1) is 0 Å². The number of aromatic nitrogens is 2. The van der Waals surface area contributed by atoms with E-state index >= 15 is 0 Å². The summed E-state index contributed by atoms with van der Waals surface area (Å²) in [5.41, 5.74) is 0.363. The molecule has 0 saturated carbocycles. The predicted octanol–water partition coefficient (Wildman–Crippen LogP) is 3.84.